The summed E-state index contributed by atoms with van der Waals surface area (Å²) in [5, 5.41) is 6.16. The van der Waals surface area contributed by atoms with Crippen molar-refractivity contribution in [3.63, 3.8) is 0 Å². The summed E-state index contributed by atoms with van der Waals surface area (Å²) in [5.74, 6) is -0.0696. The first-order chi connectivity index (χ1) is 14.2. The van der Waals surface area contributed by atoms with E-state index >= 15 is 0 Å². The van der Waals surface area contributed by atoms with Gasteiger partial charge >= 0.3 is 0 Å². The second-order valence-electron chi connectivity index (χ2n) is 7.46. The highest BCUT2D eigenvalue weighted by Crippen LogP contribution is 2.27. The van der Waals surface area contributed by atoms with Crippen molar-refractivity contribution in [2.75, 3.05) is 38.3 Å². The minimum absolute atomic E-state index is 0. The van der Waals surface area contributed by atoms with E-state index in [-0.39, 0.29) is 36.1 Å². The number of anilines is 1. The van der Waals surface area contributed by atoms with E-state index in [1.807, 2.05) is 0 Å². The molecule has 4 nitrogen and oxygen atoms in total. The third-order valence-corrected chi connectivity index (χ3v) is 5.58. The molecule has 1 aliphatic rings. The van der Waals surface area contributed by atoms with Crippen molar-refractivity contribution in [3.8, 4) is 5.75 Å². The molecule has 1 heterocycles. The molecule has 0 spiro atoms. The highest BCUT2D eigenvalue weighted by Gasteiger charge is 2.22. The Bertz CT molecular complexity index is 979. The molecule has 1 aliphatic heterocycles. The van der Waals surface area contributed by atoms with Crippen LogP contribution in [0.2, 0.25) is 0 Å². The van der Waals surface area contributed by atoms with E-state index < -0.39 is 0 Å². The standard InChI is InChI=1S/C24H27FN2O2.ClH/c1-17(21-9-5-7-18-6-3-4-8-22(18)21)26-15-20-16-27(12-13-29-20)19-10-11-23(25)24(14-19)28-2;/h3-11,14,17,20,26H,12-13,15-16H2,1-2H3;1H. The van der Waals surface area contributed by atoms with Crippen LogP contribution in [0.5, 0.6) is 5.75 Å². The molecule has 1 fully saturated rings. The van der Waals surface area contributed by atoms with Gasteiger partial charge in [0, 0.05) is 37.4 Å². The fourth-order valence-corrected chi connectivity index (χ4v) is 3.97. The van der Waals surface area contributed by atoms with Crippen LogP contribution < -0.4 is 15.0 Å². The number of methoxy groups -OCH3 is 1. The molecule has 0 aromatic heterocycles. The fraction of sp³-hybridized carbons (Fsp3) is 0.333. The Kier molecular flexibility index (Phi) is 7.53. The number of benzene rings is 3. The third kappa shape index (κ3) is 4.86. The minimum atomic E-state index is -0.341. The first-order valence-electron chi connectivity index (χ1n) is 10.1. The number of halogens is 2. The molecule has 30 heavy (non-hydrogen) atoms. The summed E-state index contributed by atoms with van der Waals surface area (Å²) < 4.78 is 24.8. The highest BCUT2D eigenvalue weighted by atomic mass is 35.5. The average molecular weight is 431 g/mol. The van der Waals surface area contributed by atoms with Crippen molar-refractivity contribution < 1.29 is 13.9 Å². The molecular formula is C24H28ClFN2O2. The van der Waals surface area contributed by atoms with Crippen LogP contribution in [0.15, 0.2) is 60.7 Å². The molecule has 2 unspecified atom stereocenters. The lowest BCUT2D eigenvalue weighted by atomic mass is 9.99. The number of hydrogen-bond acceptors (Lipinski definition) is 4. The largest absolute Gasteiger partial charge is 0.494 e. The summed E-state index contributed by atoms with van der Waals surface area (Å²) in [6.07, 6.45) is 0.0669. The van der Waals surface area contributed by atoms with Crippen molar-refractivity contribution in [1.82, 2.24) is 5.32 Å². The predicted molar refractivity (Wildman–Crippen MR) is 123 cm³/mol. The van der Waals surface area contributed by atoms with Crippen molar-refractivity contribution in [2.45, 2.75) is 19.1 Å². The number of fused-ring (bicyclic) bond motifs is 1. The molecule has 4 rings (SSSR count). The molecule has 160 valence electrons. The van der Waals surface area contributed by atoms with Gasteiger partial charge in [0.25, 0.3) is 0 Å². The van der Waals surface area contributed by atoms with Crippen LogP contribution in [0.25, 0.3) is 10.8 Å². The lowest BCUT2D eigenvalue weighted by Crippen LogP contribution is -2.47. The molecule has 0 amide bonds. The van der Waals surface area contributed by atoms with Crippen LogP contribution >= 0.6 is 12.4 Å². The van der Waals surface area contributed by atoms with Crippen LogP contribution in [-0.4, -0.2) is 39.5 Å². The van der Waals surface area contributed by atoms with E-state index in [2.05, 4.69) is 59.6 Å². The van der Waals surface area contributed by atoms with E-state index in [0.29, 0.717) is 6.61 Å². The summed E-state index contributed by atoms with van der Waals surface area (Å²) >= 11 is 0. The SMILES string of the molecule is COc1cc(N2CCOC(CNC(C)c3cccc4ccccc34)C2)ccc1F.Cl. The molecule has 1 saturated heterocycles. The molecule has 6 heteroatoms. The molecule has 1 N–H and O–H groups in total. The molecule has 2 atom stereocenters. The topological polar surface area (TPSA) is 33.7 Å². The summed E-state index contributed by atoms with van der Waals surface area (Å²) in [6.45, 7) is 5.12. The Hall–Kier alpha value is -2.34. The predicted octanol–water partition coefficient (Wildman–Crippen LogP) is 4.97. The molecule has 0 aliphatic carbocycles. The molecule has 0 bridgehead atoms. The lowest BCUT2D eigenvalue weighted by Gasteiger charge is -2.35. The van der Waals surface area contributed by atoms with E-state index in [1.165, 1.54) is 29.5 Å². The van der Waals surface area contributed by atoms with Gasteiger partial charge in [0.15, 0.2) is 11.6 Å². The summed E-state index contributed by atoms with van der Waals surface area (Å²) in [7, 11) is 1.49. The van der Waals surface area contributed by atoms with Gasteiger partial charge in [-0.3, -0.25) is 0 Å². The lowest BCUT2D eigenvalue weighted by molar-refractivity contribution is 0.0394. The van der Waals surface area contributed by atoms with Gasteiger partial charge < -0.3 is 19.7 Å². The van der Waals surface area contributed by atoms with Gasteiger partial charge in [-0.15, -0.1) is 12.4 Å². The number of rotatable bonds is 6. The third-order valence-electron chi connectivity index (χ3n) is 5.58. The maximum absolute atomic E-state index is 13.7. The maximum atomic E-state index is 13.7. The van der Waals surface area contributed by atoms with E-state index in [0.717, 1.165) is 25.3 Å². The fourth-order valence-electron chi connectivity index (χ4n) is 3.97. The minimum Gasteiger partial charge on any atom is -0.494 e. The zero-order valence-corrected chi connectivity index (χ0v) is 18.1. The van der Waals surface area contributed by atoms with Gasteiger partial charge in [0.1, 0.15) is 0 Å². The van der Waals surface area contributed by atoms with Crippen LogP contribution in [-0.2, 0) is 4.74 Å². The Morgan fingerprint density at radius 1 is 1.17 bits per heavy atom. The van der Waals surface area contributed by atoms with Crippen LogP contribution in [0.1, 0.15) is 18.5 Å². The zero-order chi connectivity index (χ0) is 20.2. The Labute approximate surface area is 183 Å². The summed E-state index contributed by atoms with van der Waals surface area (Å²) in [5.41, 5.74) is 2.25. The molecule has 0 saturated carbocycles. The van der Waals surface area contributed by atoms with Crippen molar-refractivity contribution >= 4 is 28.9 Å². The number of nitrogens with one attached hydrogen (secondary N) is 1. The first-order valence-corrected chi connectivity index (χ1v) is 10.1. The van der Waals surface area contributed by atoms with Gasteiger partial charge in [-0.1, -0.05) is 42.5 Å². The second kappa shape index (κ2) is 10.1. The van der Waals surface area contributed by atoms with Gasteiger partial charge in [-0.05, 0) is 35.4 Å². The Balaban J connectivity index is 0.00000256. The summed E-state index contributed by atoms with van der Waals surface area (Å²) in [4.78, 5) is 2.22. The highest BCUT2D eigenvalue weighted by molar-refractivity contribution is 5.86. The normalized spacial score (nSPS) is 17.4. The van der Waals surface area contributed by atoms with Crippen molar-refractivity contribution in [1.29, 1.82) is 0 Å². The Morgan fingerprint density at radius 3 is 2.80 bits per heavy atom. The van der Waals surface area contributed by atoms with Crippen molar-refractivity contribution in [3.05, 3.63) is 72.0 Å². The van der Waals surface area contributed by atoms with Gasteiger partial charge in [-0.2, -0.15) is 0 Å². The van der Waals surface area contributed by atoms with Crippen molar-refractivity contribution in [2.24, 2.45) is 0 Å². The molecule has 3 aromatic carbocycles. The number of morpholine rings is 1. The van der Waals surface area contributed by atoms with Gasteiger partial charge in [0.05, 0.1) is 19.8 Å². The summed E-state index contributed by atoms with van der Waals surface area (Å²) in [6, 6.07) is 20.1. The smallest absolute Gasteiger partial charge is 0.165 e. The van der Waals surface area contributed by atoms with Crippen LogP contribution in [0.3, 0.4) is 0 Å². The number of ether oxygens (including phenoxy) is 2. The number of hydrogen-bond donors (Lipinski definition) is 1. The van der Waals surface area contributed by atoms with Crippen LogP contribution in [0.4, 0.5) is 10.1 Å². The molecule has 3 aromatic rings. The Morgan fingerprint density at radius 2 is 1.97 bits per heavy atom. The van der Waals surface area contributed by atoms with Crippen LogP contribution in [0, 0.1) is 5.82 Å². The second-order valence-corrected chi connectivity index (χ2v) is 7.46. The first kappa shape index (κ1) is 22.3. The van der Waals surface area contributed by atoms with E-state index in [1.54, 1.807) is 12.1 Å². The maximum Gasteiger partial charge on any atom is 0.165 e. The average Bonchev–Trinajstić information content (AvgIpc) is 2.77. The zero-order valence-electron chi connectivity index (χ0n) is 17.3. The number of nitrogens with zero attached hydrogens (tertiary/aromatic N) is 1. The quantitative estimate of drug-likeness (QED) is 0.599. The molecule has 0 radical (unpaired) electrons. The molecular weight excluding hydrogens is 403 g/mol. The van der Waals surface area contributed by atoms with E-state index in [9.17, 15) is 4.39 Å². The van der Waals surface area contributed by atoms with Gasteiger partial charge in [0.2, 0.25) is 0 Å². The monoisotopic (exact) mass is 430 g/mol. The van der Waals surface area contributed by atoms with Gasteiger partial charge in [-0.25, -0.2) is 4.39 Å². The van der Waals surface area contributed by atoms with E-state index in [4.69, 9.17) is 9.47 Å².